The number of anilines is 1. The third-order valence-electron chi connectivity index (χ3n) is 2.52. The Morgan fingerprint density at radius 1 is 1.21 bits per heavy atom. The van der Waals surface area contributed by atoms with Crippen LogP contribution in [0.15, 0.2) is 24.3 Å². The van der Waals surface area contributed by atoms with E-state index in [9.17, 15) is 4.39 Å². The number of aromatic nitrogens is 2. The van der Waals surface area contributed by atoms with Crippen LogP contribution >= 0.6 is 0 Å². The minimum Gasteiger partial charge on any atom is -0.439 e. The molecular formula is C14H16FN3O. The van der Waals surface area contributed by atoms with Gasteiger partial charge in [-0.2, -0.15) is 4.98 Å². The summed E-state index contributed by atoms with van der Waals surface area (Å²) in [5.74, 6) is 2.07. The number of ether oxygens (including phenoxy) is 1. The molecule has 0 unspecified atom stereocenters. The largest absolute Gasteiger partial charge is 0.439 e. The molecule has 0 amide bonds. The van der Waals surface area contributed by atoms with Crippen molar-refractivity contribution in [3.8, 4) is 11.6 Å². The number of hydrogen-bond acceptors (Lipinski definition) is 4. The lowest BCUT2D eigenvalue weighted by Gasteiger charge is -2.09. The molecular weight excluding hydrogens is 245 g/mol. The minimum atomic E-state index is -0.250. The molecule has 0 aliphatic heterocycles. The van der Waals surface area contributed by atoms with Gasteiger partial charge in [-0.25, -0.2) is 9.37 Å². The van der Waals surface area contributed by atoms with Gasteiger partial charge in [0.25, 0.3) is 0 Å². The predicted molar refractivity (Wildman–Crippen MR) is 72.1 cm³/mol. The molecule has 0 saturated heterocycles. The summed E-state index contributed by atoms with van der Waals surface area (Å²) in [4.78, 5) is 8.43. The van der Waals surface area contributed by atoms with Gasteiger partial charge in [0.05, 0.1) is 0 Å². The van der Waals surface area contributed by atoms with Crippen molar-refractivity contribution in [3.63, 3.8) is 0 Å². The van der Waals surface area contributed by atoms with Gasteiger partial charge in [0.2, 0.25) is 5.88 Å². The second-order valence-electron chi connectivity index (χ2n) is 4.18. The fourth-order valence-electron chi connectivity index (χ4n) is 1.67. The maximum Gasteiger partial charge on any atom is 0.224 e. The number of nitrogens with one attached hydrogen (secondary N) is 1. The lowest BCUT2D eigenvalue weighted by atomic mass is 10.2. The fraction of sp³-hybridized carbons (Fsp3) is 0.286. The van der Waals surface area contributed by atoms with Crippen LogP contribution in [0.4, 0.5) is 10.2 Å². The summed E-state index contributed by atoms with van der Waals surface area (Å²) in [7, 11) is 0. The van der Waals surface area contributed by atoms with E-state index in [4.69, 9.17) is 4.74 Å². The van der Waals surface area contributed by atoms with E-state index in [2.05, 4.69) is 15.3 Å². The summed E-state index contributed by atoms with van der Waals surface area (Å²) in [5, 5.41) is 3.10. The second kappa shape index (κ2) is 5.65. The molecule has 0 aliphatic rings. The van der Waals surface area contributed by atoms with E-state index >= 15 is 0 Å². The number of hydrogen-bond donors (Lipinski definition) is 1. The van der Waals surface area contributed by atoms with E-state index in [1.165, 1.54) is 6.07 Å². The van der Waals surface area contributed by atoms with Gasteiger partial charge >= 0.3 is 0 Å². The number of rotatable bonds is 4. The highest BCUT2D eigenvalue weighted by Crippen LogP contribution is 2.23. The molecule has 2 rings (SSSR count). The molecule has 0 atom stereocenters. The number of aryl methyl sites for hydroxylation is 2. The zero-order valence-electron chi connectivity index (χ0n) is 11.2. The Kier molecular flexibility index (Phi) is 3.94. The first-order valence-electron chi connectivity index (χ1n) is 6.12. The van der Waals surface area contributed by atoms with Crippen molar-refractivity contribution in [2.45, 2.75) is 20.8 Å². The van der Waals surface area contributed by atoms with Crippen LogP contribution in [0.25, 0.3) is 0 Å². The first-order valence-corrected chi connectivity index (χ1v) is 6.12. The van der Waals surface area contributed by atoms with Crippen molar-refractivity contribution in [2.75, 3.05) is 11.9 Å². The lowest BCUT2D eigenvalue weighted by Crippen LogP contribution is -2.02. The Morgan fingerprint density at radius 3 is 2.68 bits per heavy atom. The minimum absolute atomic E-state index is 0.250. The maximum atomic E-state index is 13.2. The van der Waals surface area contributed by atoms with Gasteiger partial charge < -0.3 is 10.1 Å². The third kappa shape index (κ3) is 3.40. The SMILES string of the molecule is CCNc1cc(Oc2ccc(F)c(C)c2)nc(C)n1. The molecule has 5 heteroatoms. The molecule has 19 heavy (non-hydrogen) atoms. The zero-order chi connectivity index (χ0) is 13.8. The van der Waals surface area contributed by atoms with E-state index in [1.54, 1.807) is 32.0 Å². The number of nitrogens with zero attached hydrogens (tertiary/aromatic N) is 2. The molecule has 0 saturated carbocycles. The molecule has 0 fully saturated rings. The van der Waals surface area contributed by atoms with E-state index in [1.807, 2.05) is 6.92 Å². The summed E-state index contributed by atoms with van der Waals surface area (Å²) in [6.45, 7) is 6.24. The molecule has 4 nitrogen and oxygen atoms in total. The van der Waals surface area contributed by atoms with E-state index < -0.39 is 0 Å². The van der Waals surface area contributed by atoms with Crippen molar-refractivity contribution in [1.82, 2.24) is 9.97 Å². The van der Waals surface area contributed by atoms with Crippen molar-refractivity contribution < 1.29 is 9.13 Å². The van der Waals surface area contributed by atoms with Crippen LogP contribution in [0.5, 0.6) is 11.6 Å². The fourth-order valence-corrected chi connectivity index (χ4v) is 1.67. The van der Waals surface area contributed by atoms with Gasteiger partial charge in [-0.15, -0.1) is 0 Å². The average molecular weight is 261 g/mol. The summed E-state index contributed by atoms with van der Waals surface area (Å²) >= 11 is 0. The Hall–Kier alpha value is -2.17. The van der Waals surface area contributed by atoms with Gasteiger partial charge in [-0.05, 0) is 44.5 Å². The highest BCUT2D eigenvalue weighted by atomic mass is 19.1. The smallest absolute Gasteiger partial charge is 0.224 e. The van der Waals surface area contributed by atoms with Crippen LogP contribution in [0, 0.1) is 19.7 Å². The van der Waals surface area contributed by atoms with Gasteiger partial charge in [-0.1, -0.05) is 0 Å². The van der Waals surface area contributed by atoms with E-state index in [-0.39, 0.29) is 5.82 Å². The summed E-state index contributed by atoms with van der Waals surface area (Å²) in [6, 6.07) is 6.31. The third-order valence-corrected chi connectivity index (χ3v) is 2.52. The van der Waals surface area contributed by atoms with Crippen LogP contribution in [-0.2, 0) is 0 Å². The molecule has 0 radical (unpaired) electrons. The van der Waals surface area contributed by atoms with Crippen LogP contribution in [0.3, 0.4) is 0 Å². The quantitative estimate of drug-likeness (QED) is 0.915. The van der Waals surface area contributed by atoms with Gasteiger partial charge in [0.1, 0.15) is 23.2 Å². The Bertz CT molecular complexity index is 587. The molecule has 100 valence electrons. The first-order chi connectivity index (χ1) is 9.08. The predicted octanol–water partition coefficient (Wildman–Crippen LogP) is 3.46. The van der Waals surface area contributed by atoms with Crippen LogP contribution < -0.4 is 10.1 Å². The van der Waals surface area contributed by atoms with E-state index in [0.717, 1.165) is 6.54 Å². The molecule has 1 aromatic carbocycles. The lowest BCUT2D eigenvalue weighted by molar-refractivity contribution is 0.458. The molecule has 2 aromatic rings. The standard InChI is InChI=1S/C14H16FN3O/c1-4-16-13-8-14(18-10(3)17-13)19-11-5-6-12(15)9(2)7-11/h5-8H,4H2,1-3H3,(H,16,17,18). The van der Waals surface area contributed by atoms with Gasteiger partial charge in [0, 0.05) is 12.6 Å². The number of benzene rings is 1. The topological polar surface area (TPSA) is 47.0 Å². The highest BCUT2D eigenvalue weighted by molar-refractivity contribution is 5.40. The summed E-state index contributed by atoms with van der Waals surface area (Å²) < 4.78 is 18.8. The summed E-state index contributed by atoms with van der Waals surface area (Å²) in [5.41, 5.74) is 0.537. The second-order valence-corrected chi connectivity index (χ2v) is 4.18. The Morgan fingerprint density at radius 2 is 2.00 bits per heavy atom. The molecule has 0 spiro atoms. The van der Waals surface area contributed by atoms with Crippen molar-refractivity contribution >= 4 is 5.82 Å². The normalized spacial score (nSPS) is 10.3. The molecule has 1 heterocycles. The van der Waals surface area contributed by atoms with E-state index in [0.29, 0.717) is 28.8 Å². The first kappa shape index (κ1) is 13.3. The monoisotopic (exact) mass is 261 g/mol. The molecule has 1 N–H and O–H groups in total. The molecule has 0 bridgehead atoms. The average Bonchev–Trinajstić information content (AvgIpc) is 2.33. The maximum absolute atomic E-state index is 13.2. The van der Waals surface area contributed by atoms with Crippen molar-refractivity contribution in [1.29, 1.82) is 0 Å². The number of halogens is 1. The Labute approximate surface area is 111 Å². The van der Waals surface area contributed by atoms with Crippen molar-refractivity contribution in [3.05, 3.63) is 41.5 Å². The zero-order valence-corrected chi connectivity index (χ0v) is 11.2. The van der Waals surface area contributed by atoms with Crippen molar-refractivity contribution in [2.24, 2.45) is 0 Å². The summed E-state index contributed by atoms with van der Waals surface area (Å²) in [6.07, 6.45) is 0. The van der Waals surface area contributed by atoms with Crippen LogP contribution in [-0.4, -0.2) is 16.5 Å². The van der Waals surface area contributed by atoms with Gasteiger partial charge in [0.15, 0.2) is 0 Å². The molecule has 1 aromatic heterocycles. The highest BCUT2D eigenvalue weighted by Gasteiger charge is 2.05. The molecule has 0 aliphatic carbocycles. The Balaban J connectivity index is 2.24. The van der Waals surface area contributed by atoms with Gasteiger partial charge in [-0.3, -0.25) is 0 Å². The van der Waals surface area contributed by atoms with Crippen LogP contribution in [0.1, 0.15) is 18.3 Å². The van der Waals surface area contributed by atoms with Crippen LogP contribution in [0.2, 0.25) is 0 Å².